The number of carbonyl (C=O) groups excluding carboxylic acids is 1. The van der Waals surface area contributed by atoms with Gasteiger partial charge in [-0.2, -0.15) is 5.26 Å². The summed E-state index contributed by atoms with van der Waals surface area (Å²) in [6, 6.07) is 14.4. The van der Waals surface area contributed by atoms with Crippen LogP contribution in [0.2, 0.25) is 0 Å². The SMILES string of the molecule is [C-]#[N+]C[C@H]1CN(c2c(C#N)c(OCC34CCCN3C[C@H](F)C4)nc3cc(-c4cccc5c4C4CC4C5)ccc23)CCN1C(=O)C(=C)F. The zero-order valence-corrected chi connectivity index (χ0v) is 26.2. The fourth-order valence-electron chi connectivity index (χ4n) is 8.91. The van der Waals surface area contributed by atoms with E-state index in [0.717, 1.165) is 42.7 Å². The molecule has 4 heterocycles. The number of pyridine rings is 1. The molecule has 3 saturated heterocycles. The molecule has 8 nitrogen and oxygen atoms in total. The molecule has 1 amide bonds. The Labute approximate surface area is 273 Å². The lowest BCUT2D eigenvalue weighted by Gasteiger charge is -2.40. The third kappa shape index (κ3) is 4.93. The molecule has 0 spiro atoms. The molecule has 5 aliphatic rings. The molecule has 1 aromatic heterocycles. The molecule has 3 aromatic rings. The number of benzene rings is 2. The maximum atomic E-state index is 14.6. The van der Waals surface area contributed by atoms with E-state index in [4.69, 9.17) is 16.3 Å². The van der Waals surface area contributed by atoms with Crippen LogP contribution in [0, 0.1) is 23.8 Å². The average molecular weight is 635 g/mol. The van der Waals surface area contributed by atoms with Crippen LogP contribution < -0.4 is 9.64 Å². The molecule has 2 aliphatic carbocycles. The van der Waals surface area contributed by atoms with Gasteiger partial charge in [0.2, 0.25) is 12.4 Å². The number of anilines is 1. The van der Waals surface area contributed by atoms with Crippen molar-refractivity contribution < 1.29 is 18.3 Å². The van der Waals surface area contributed by atoms with Crippen LogP contribution in [0.25, 0.3) is 26.9 Å². The van der Waals surface area contributed by atoms with E-state index in [9.17, 15) is 18.8 Å². The summed E-state index contributed by atoms with van der Waals surface area (Å²) in [4.78, 5) is 26.7. The summed E-state index contributed by atoms with van der Waals surface area (Å²) >= 11 is 0. The number of rotatable bonds is 7. The number of fused-ring (bicyclic) bond motifs is 5. The average Bonchev–Trinajstić information content (AvgIpc) is 3.39. The zero-order chi connectivity index (χ0) is 32.4. The predicted octanol–water partition coefficient (Wildman–Crippen LogP) is 5.81. The van der Waals surface area contributed by atoms with Gasteiger partial charge in [0.25, 0.3) is 5.91 Å². The Balaban J connectivity index is 1.22. The van der Waals surface area contributed by atoms with Gasteiger partial charge in [-0.1, -0.05) is 36.9 Å². The minimum absolute atomic E-state index is 0.0159. The normalized spacial score (nSPS) is 27.6. The van der Waals surface area contributed by atoms with Crippen molar-refractivity contribution in [3.63, 3.8) is 0 Å². The van der Waals surface area contributed by atoms with Gasteiger partial charge in [0, 0.05) is 38.0 Å². The van der Waals surface area contributed by atoms with Gasteiger partial charge in [0.1, 0.15) is 30.5 Å². The highest BCUT2D eigenvalue weighted by Gasteiger charge is 2.50. The number of aromatic nitrogens is 1. The smallest absolute Gasteiger partial charge is 0.282 e. The van der Waals surface area contributed by atoms with E-state index < -0.39 is 29.5 Å². The maximum absolute atomic E-state index is 14.6. The van der Waals surface area contributed by atoms with Crippen molar-refractivity contribution in [1.29, 1.82) is 5.26 Å². The molecule has 3 aliphatic heterocycles. The van der Waals surface area contributed by atoms with Crippen LogP contribution in [0.15, 0.2) is 48.8 Å². The summed E-state index contributed by atoms with van der Waals surface area (Å²) in [7, 11) is 0. The topological polar surface area (TPSA) is 77.1 Å². The fourth-order valence-corrected chi connectivity index (χ4v) is 8.91. The van der Waals surface area contributed by atoms with Gasteiger partial charge in [0.05, 0.1) is 16.7 Å². The third-order valence-corrected chi connectivity index (χ3v) is 11.2. The second-order valence-corrected chi connectivity index (χ2v) is 13.9. The first-order valence-corrected chi connectivity index (χ1v) is 16.6. The number of alkyl halides is 1. The van der Waals surface area contributed by atoms with E-state index in [1.54, 1.807) is 0 Å². The number of carbonyl (C=O) groups is 1. The number of halogens is 2. The van der Waals surface area contributed by atoms with Crippen LogP contribution in [0.1, 0.15) is 48.3 Å². The highest BCUT2D eigenvalue weighted by atomic mass is 19.1. The summed E-state index contributed by atoms with van der Waals surface area (Å²) in [6.45, 7) is 12.9. The molecule has 2 aromatic carbocycles. The number of nitrogens with zero attached hydrogens (tertiary/aromatic N) is 6. The van der Waals surface area contributed by atoms with E-state index in [0.29, 0.717) is 36.6 Å². The van der Waals surface area contributed by atoms with Crippen molar-refractivity contribution in [3.8, 4) is 23.1 Å². The quantitative estimate of drug-likeness (QED) is 0.241. The van der Waals surface area contributed by atoms with Crippen molar-refractivity contribution in [1.82, 2.24) is 14.8 Å². The first-order chi connectivity index (χ1) is 22.8. The third-order valence-electron chi connectivity index (χ3n) is 11.2. The Kier molecular flexibility index (Phi) is 7.18. The van der Waals surface area contributed by atoms with E-state index in [1.165, 1.54) is 28.0 Å². The molecule has 0 N–H and O–H groups in total. The van der Waals surface area contributed by atoms with Gasteiger partial charge < -0.3 is 19.4 Å². The first kappa shape index (κ1) is 29.8. The number of piperazine rings is 1. The molecule has 1 saturated carbocycles. The molecule has 4 fully saturated rings. The number of nitriles is 1. The molecule has 240 valence electrons. The van der Waals surface area contributed by atoms with Gasteiger partial charge >= 0.3 is 0 Å². The highest BCUT2D eigenvalue weighted by molar-refractivity contribution is 5.98. The monoisotopic (exact) mass is 634 g/mol. The van der Waals surface area contributed by atoms with Gasteiger partial charge in [-0.15, -0.1) is 0 Å². The Morgan fingerprint density at radius 3 is 2.91 bits per heavy atom. The van der Waals surface area contributed by atoms with Crippen molar-refractivity contribution in [2.45, 2.75) is 55.8 Å². The summed E-state index contributed by atoms with van der Waals surface area (Å²) < 4.78 is 35.0. The lowest BCUT2D eigenvalue weighted by molar-refractivity contribution is -0.131. The molecule has 0 bridgehead atoms. The minimum Gasteiger partial charge on any atom is -0.475 e. The van der Waals surface area contributed by atoms with Crippen molar-refractivity contribution in [2.24, 2.45) is 5.92 Å². The van der Waals surface area contributed by atoms with Crippen LogP contribution in [0.3, 0.4) is 0 Å². The molecule has 3 unspecified atom stereocenters. The molecular formula is C37H36F2N6O2. The summed E-state index contributed by atoms with van der Waals surface area (Å²) in [5, 5.41) is 11.4. The minimum atomic E-state index is -1.06. The van der Waals surface area contributed by atoms with Crippen molar-refractivity contribution in [2.75, 3.05) is 50.8 Å². The molecule has 10 heteroatoms. The summed E-state index contributed by atoms with van der Waals surface area (Å²) in [6.07, 6.45) is 3.65. The lowest BCUT2D eigenvalue weighted by atomic mass is 9.93. The second-order valence-electron chi connectivity index (χ2n) is 13.9. The van der Waals surface area contributed by atoms with E-state index in [1.807, 2.05) is 11.0 Å². The van der Waals surface area contributed by atoms with Gasteiger partial charge in [-0.25, -0.2) is 20.3 Å². The number of amides is 1. The largest absolute Gasteiger partial charge is 0.475 e. The number of hydrogen-bond acceptors (Lipinski definition) is 6. The standard InChI is InChI=1S/C37H36F2N6O2/c1-22(38)36(46)45-12-11-43(20-27(45)18-41-2)34-29-8-7-23(28-6-3-5-24-13-25-14-30(25)33(24)28)15-32(29)42-35(31(34)17-40)47-21-37-9-4-10-44(37)19-26(39)16-37/h3,5-8,15,25-27,30H,1,4,9-14,16,18-21H2/t25?,26-,27+,30?,37?/m1/s1. The molecule has 5 atom stereocenters. The van der Waals surface area contributed by atoms with Crippen LogP contribution in [0.5, 0.6) is 5.88 Å². The predicted molar refractivity (Wildman–Crippen MR) is 174 cm³/mol. The van der Waals surface area contributed by atoms with Gasteiger partial charge in [-0.05, 0) is 72.4 Å². The van der Waals surface area contributed by atoms with Crippen LogP contribution in [-0.2, 0) is 11.2 Å². The lowest BCUT2D eigenvalue weighted by Crippen LogP contribution is -2.56. The summed E-state index contributed by atoms with van der Waals surface area (Å²) in [5.74, 6) is -0.320. The molecular weight excluding hydrogens is 598 g/mol. The number of ether oxygens (including phenoxy) is 1. The van der Waals surface area contributed by atoms with E-state index in [2.05, 4.69) is 52.7 Å². The van der Waals surface area contributed by atoms with Crippen LogP contribution in [-0.4, -0.2) is 84.3 Å². The fraction of sp³-hybridized carbons (Fsp3) is 0.459. The summed E-state index contributed by atoms with van der Waals surface area (Å²) in [5.41, 5.74) is 6.24. The van der Waals surface area contributed by atoms with E-state index in [-0.39, 0.29) is 37.7 Å². The van der Waals surface area contributed by atoms with Crippen molar-refractivity contribution in [3.05, 3.63) is 76.9 Å². The Morgan fingerprint density at radius 1 is 1.23 bits per heavy atom. The van der Waals surface area contributed by atoms with Gasteiger partial charge in [-0.3, -0.25) is 9.69 Å². The first-order valence-electron chi connectivity index (χ1n) is 16.6. The Morgan fingerprint density at radius 2 is 2.11 bits per heavy atom. The molecule has 0 radical (unpaired) electrons. The Hall–Kier alpha value is -4.54. The second kappa shape index (κ2) is 11.3. The number of hydrogen-bond donors (Lipinski definition) is 0. The van der Waals surface area contributed by atoms with E-state index >= 15 is 0 Å². The highest BCUT2D eigenvalue weighted by Crippen LogP contribution is 2.58. The Bertz CT molecular complexity index is 1900. The maximum Gasteiger partial charge on any atom is 0.282 e. The zero-order valence-electron chi connectivity index (χ0n) is 26.2. The van der Waals surface area contributed by atoms with Gasteiger partial charge in [0.15, 0.2) is 5.83 Å². The molecule has 47 heavy (non-hydrogen) atoms. The molecule has 8 rings (SSSR count). The van der Waals surface area contributed by atoms with Crippen LogP contribution in [0.4, 0.5) is 14.5 Å². The van der Waals surface area contributed by atoms with Crippen molar-refractivity contribution >= 4 is 22.5 Å². The van der Waals surface area contributed by atoms with Crippen LogP contribution >= 0.6 is 0 Å².